The zero-order valence-electron chi connectivity index (χ0n) is 9.25. The van der Waals surface area contributed by atoms with Crippen LogP contribution in [0.3, 0.4) is 0 Å². The number of rotatable bonds is 7. The molecule has 0 aromatic rings. The first-order valence-electron chi connectivity index (χ1n) is 4.81. The standard InChI is InChI=1S/C9H21NO3S/c1-4-14(11,12)7-5-6-9(2,10)8-13-3/h4-8,10H2,1-3H3. The first kappa shape index (κ1) is 13.9. The SMILES string of the molecule is CCS(=O)(=O)CCCC(C)(N)COC. The predicted molar refractivity (Wildman–Crippen MR) is 58.0 cm³/mol. The molecule has 0 radical (unpaired) electrons. The minimum absolute atomic E-state index is 0.207. The molecule has 1 unspecified atom stereocenters. The molecular weight excluding hydrogens is 202 g/mol. The smallest absolute Gasteiger partial charge is 0.150 e. The van der Waals surface area contributed by atoms with Crippen molar-refractivity contribution in [1.29, 1.82) is 0 Å². The Labute approximate surface area is 86.7 Å². The highest BCUT2D eigenvalue weighted by atomic mass is 32.2. The number of nitrogens with two attached hydrogens (primary N) is 1. The third-order valence-electron chi connectivity index (χ3n) is 2.12. The molecule has 0 spiro atoms. The number of sulfone groups is 1. The van der Waals surface area contributed by atoms with Gasteiger partial charge in [0.15, 0.2) is 0 Å². The minimum atomic E-state index is -2.85. The molecule has 0 amide bonds. The molecule has 0 saturated carbocycles. The van der Waals surface area contributed by atoms with Gasteiger partial charge in [-0.2, -0.15) is 0 Å². The Balaban J connectivity index is 3.85. The van der Waals surface area contributed by atoms with Gasteiger partial charge in [0.1, 0.15) is 9.84 Å². The summed E-state index contributed by atoms with van der Waals surface area (Å²) in [5.41, 5.74) is 5.46. The highest BCUT2D eigenvalue weighted by molar-refractivity contribution is 7.91. The zero-order chi connectivity index (χ0) is 11.2. The van der Waals surface area contributed by atoms with Crippen LogP contribution in [0.5, 0.6) is 0 Å². The quantitative estimate of drug-likeness (QED) is 0.685. The van der Waals surface area contributed by atoms with Gasteiger partial charge in [0, 0.05) is 18.4 Å². The molecule has 14 heavy (non-hydrogen) atoms. The maximum atomic E-state index is 11.2. The highest BCUT2D eigenvalue weighted by Crippen LogP contribution is 2.10. The molecule has 0 aliphatic rings. The second-order valence-electron chi connectivity index (χ2n) is 3.93. The van der Waals surface area contributed by atoms with E-state index in [4.69, 9.17) is 10.5 Å². The minimum Gasteiger partial charge on any atom is -0.383 e. The Morgan fingerprint density at radius 2 is 2.00 bits per heavy atom. The van der Waals surface area contributed by atoms with Gasteiger partial charge in [-0.3, -0.25) is 0 Å². The zero-order valence-corrected chi connectivity index (χ0v) is 10.1. The Hall–Kier alpha value is -0.130. The van der Waals surface area contributed by atoms with E-state index >= 15 is 0 Å². The van der Waals surface area contributed by atoms with Crippen molar-refractivity contribution in [3.63, 3.8) is 0 Å². The summed E-state index contributed by atoms with van der Waals surface area (Å²) in [4.78, 5) is 0. The van der Waals surface area contributed by atoms with Crippen LogP contribution in [0, 0.1) is 0 Å². The van der Waals surface area contributed by atoms with Crippen molar-refractivity contribution in [2.24, 2.45) is 5.73 Å². The summed E-state index contributed by atoms with van der Waals surface area (Å²) in [5, 5.41) is 0. The molecule has 0 aliphatic carbocycles. The highest BCUT2D eigenvalue weighted by Gasteiger charge is 2.19. The maximum absolute atomic E-state index is 11.2. The first-order valence-corrected chi connectivity index (χ1v) is 6.63. The van der Waals surface area contributed by atoms with Gasteiger partial charge in [-0.05, 0) is 19.8 Å². The Morgan fingerprint density at radius 1 is 1.43 bits per heavy atom. The van der Waals surface area contributed by atoms with Crippen LogP contribution < -0.4 is 5.73 Å². The van der Waals surface area contributed by atoms with Gasteiger partial charge in [-0.15, -0.1) is 0 Å². The molecular formula is C9H21NO3S. The van der Waals surface area contributed by atoms with Crippen LogP contribution >= 0.6 is 0 Å². The summed E-state index contributed by atoms with van der Waals surface area (Å²) >= 11 is 0. The average molecular weight is 223 g/mol. The van der Waals surface area contributed by atoms with E-state index in [1.807, 2.05) is 6.92 Å². The largest absolute Gasteiger partial charge is 0.383 e. The fourth-order valence-electron chi connectivity index (χ4n) is 1.24. The van der Waals surface area contributed by atoms with Gasteiger partial charge >= 0.3 is 0 Å². The van der Waals surface area contributed by atoms with Crippen molar-refractivity contribution < 1.29 is 13.2 Å². The molecule has 86 valence electrons. The fourth-order valence-corrected chi connectivity index (χ4v) is 2.11. The van der Waals surface area contributed by atoms with Crippen LogP contribution in [0.4, 0.5) is 0 Å². The van der Waals surface area contributed by atoms with Crippen molar-refractivity contribution in [3.8, 4) is 0 Å². The number of hydrogen-bond donors (Lipinski definition) is 1. The second-order valence-corrected chi connectivity index (χ2v) is 6.40. The molecule has 0 saturated heterocycles. The Kier molecular flexibility index (Phi) is 5.63. The van der Waals surface area contributed by atoms with Gasteiger partial charge in [0.05, 0.1) is 12.4 Å². The van der Waals surface area contributed by atoms with E-state index in [-0.39, 0.29) is 11.5 Å². The number of hydrogen-bond acceptors (Lipinski definition) is 4. The van der Waals surface area contributed by atoms with Crippen molar-refractivity contribution in [3.05, 3.63) is 0 Å². The molecule has 0 aliphatic heterocycles. The van der Waals surface area contributed by atoms with Crippen molar-refractivity contribution in [1.82, 2.24) is 0 Å². The van der Waals surface area contributed by atoms with Gasteiger partial charge in [0.25, 0.3) is 0 Å². The monoisotopic (exact) mass is 223 g/mol. The van der Waals surface area contributed by atoms with Crippen LogP contribution in [-0.2, 0) is 14.6 Å². The summed E-state index contributed by atoms with van der Waals surface area (Å²) in [6.07, 6.45) is 1.27. The Morgan fingerprint density at radius 3 is 2.43 bits per heavy atom. The normalized spacial score (nSPS) is 16.6. The average Bonchev–Trinajstić information content (AvgIpc) is 2.03. The van der Waals surface area contributed by atoms with E-state index in [1.54, 1.807) is 14.0 Å². The summed E-state index contributed by atoms with van der Waals surface area (Å²) in [5.74, 6) is 0.429. The lowest BCUT2D eigenvalue weighted by Gasteiger charge is -2.23. The molecule has 0 fully saturated rings. The van der Waals surface area contributed by atoms with Crippen LogP contribution in [0.2, 0.25) is 0 Å². The lowest BCUT2D eigenvalue weighted by atomic mass is 9.99. The summed E-state index contributed by atoms with van der Waals surface area (Å²) in [6.45, 7) is 3.99. The van der Waals surface area contributed by atoms with Crippen molar-refractivity contribution in [2.75, 3.05) is 25.2 Å². The lowest BCUT2D eigenvalue weighted by Crippen LogP contribution is -2.41. The van der Waals surface area contributed by atoms with E-state index in [1.165, 1.54) is 0 Å². The predicted octanol–water partition coefficient (Wildman–Crippen LogP) is 0.565. The topological polar surface area (TPSA) is 69.4 Å². The number of methoxy groups -OCH3 is 1. The van der Waals surface area contributed by atoms with E-state index in [9.17, 15) is 8.42 Å². The molecule has 0 bridgehead atoms. The number of ether oxygens (including phenoxy) is 1. The van der Waals surface area contributed by atoms with Crippen molar-refractivity contribution >= 4 is 9.84 Å². The molecule has 0 heterocycles. The van der Waals surface area contributed by atoms with Crippen LogP contribution in [0.15, 0.2) is 0 Å². The fraction of sp³-hybridized carbons (Fsp3) is 1.00. The molecule has 2 N–H and O–H groups in total. The summed E-state index contributed by atoms with van der Waals surface area (Å²) < 4.78 is 27.3. The molecule has 5 heteroatoms. The molecule has 0 rings (SSSR count). The van der Waals surface area contributed by atoms with Gasteiger partial charge in [-0.1, -0.05) is 6.92 Å². The van der Waals surface area contributed by atoms with Crippen molar-refractivity contribution in [2.45, 2.75) is 32.2 Å². The summed E-state index contributed by atoms with van der Waals surface area (Å²) in [7, 11) is -1.26. The molecule has 0 aromatic heterocycles. The summed E-state index contributed by atoms with van der Waals surface area (Å²) in [6, 6.07) is 0. The first-order chi connectivity index (χ1) is 6.33. The van der Waals surface area contributed by atoms with E-state index < -0.39 is 15.4 Å². The van der Waals surface area contributed by atoms with Crippen LogP contribution in [-0.4, -0.2) is 39.2 Å². The third-order valence-corrected chi connectivity index (χ3v) is 3.91. The van der Waals surface area contributed by atoms with Crippen LogP contribution in [0.25, 0.3) is 0 Å². The molecule has 0 aromatic carbocycles. The lowest BCUT2D eigenvalue weighted by molar-refractivity contribution is 0.136. The third kappa shape index (κ3) is 6.34. The van der Waals surface area contributed by atoms with Gasteiger partial charge in [-0.25, -0.2) is 8.42 Å². The maximum Gasteiger partial charge on any atom is 0.150 e. The molecule has 4 nitrogen and oxygen atoms in total. The van der Waals surface area contributed by atoms with E-state index in [0.717, 1.165) is 0 Å². The van der Waals surface area contributed by atoms with E-state index in [2.05, 4.69) is 0 Å². The second kappa shape index (κ2) is 5.68. The van der Waals surface area contributed by atoms with Crippen LogP contribution in [0.1, 0.15) is 26.7 Å². The van der Waals surface area contributed by atoms with Gasteiger partial charge in [0.2, 0.25) is 0 Å². The molecule has 1 atom stereocenters. The Bertz CT molecular complexity index is 247. The van der Waals surface area contributed by atoms with E-state index in [0.29, 0.717) is 19.4 Å². The van der Waals surface area contributed by atoms with Gasteiger partial charge < -0.3 is 10.5 Å².